The van der Waals surface area contributed by atoms with Crippen LogP contribution in [0.5, 0.6) is 5.75 Å². The van der Waals surface area contributed by atoms with E-state index in [2.05, 4.69) is 5.32 Å². The summed E-state index contributed by atoms with van der Waals surface area (Å²) in [5, 5.41) is 13.7. The van der Waals surface area contributed by atoms with Gasteiger partial charge in [0.15, 0.2) is 0 Å². The molecule has 0 aliphatic rings. The van der Waals surface area contributed by atoms with E-state index >= 15 is 0 Å². The normalized spacial score (nSPS) is 14.0. The molecule has 0 aliphatic heterocycles. The number of aliphatic hydroxyl groups excluding tert-OH is 1. The minimum absolute atomic E-state index is 0.0396. The second-order valence-electron chi connectivity index (χ2n) is 5.07. The van der Waals surface area contributed by atoms with E-state index in [0.29, 0.717) is 15.8 Å². The Morgan fingerprint density at radius 2 is 2.10 bits per heavy atom. The maximum Gasteiger partial charge on any atom is 0.234 e. The molecule has 0 bridgehead atoms. The highest BCUT2D eigenvalue weighted by Gasteiger charge is 2.20. The van der Waals surface area contributed by atoms with Crippen molar-refractivity contribution in [1.82, 2.24) is 5.32 Å². The number of aliphatic hydroxyl groups is 1. The molecule has 4 N–H and O–H groups in total. The molecule has 5 nitrogen and oxygen atoms in total. The molecule has 0 fully saturated rings. The van der Waals surface area contributed by atoms with Gasteiger partial charge in [-0.25, -0.2) is 0 Å². The summed E-state index contributed by atoms with van der Waals surface area (Å²) in [7, 11) is 0. The fraction of sp³-hybridized carbons (Fsp3) is 0.500. The first-order valence-electron chi connectivity index (χ1n) is 6.60. The second-order valence-corrected chi connectivity index (χ2v) is 5.92. The van der Waals surface area contributed by atoms with Crippen molar-refractivity contribution in [2.24, 2.45) is 11.7 Å². The molecule has 1 aromatic rings. The summed E-state index contributed by atoms with van der Waals surface area (Å²) in [6, 6.07) is 4.35. The highest BCUT2D eigenvalue weighted by molar-refractivity contribution is 6.35. The first-order chi connectivity index (χ1) is 9.81. The van der Waals surface area contributed by atoms with Crippen LogP contribution < -0.4 is 15.8 Å². The Hall–Kier alpha value is -1.01. The number of benzene rings is 1. The zero-order chi connectivity index (χ0) is 16.0. The molecule has 1 aromatic carbocycles. The molecule has 0 spiro atoms. The zero-order valence-corrected chi connectivity index (χ0v) is 13.5. The molecule has 7 heteroatoms. The Balaban J connectivity index is 2.43. The van der Waals surface area contributed by atoms with Gasteiger partial charge in [-0.2, -0.15) is 0 Å². The van der Waals surface area contributed by atoms with Crippen molar-refractivity contribution >= 4 is 29.1 Å². The SMILES string of the molecule is CC(C)C(NCC(O)COc1ccc(Cl)cc1Cl)C(N)=O. The molecule has 2 atom stereocenters. The van der Waals surface area contributed by atoms with Crippen molar-refractivity contribution in [2.45, 2.75) is 26.0 Å². The van der Waals surface area contributed by atoms with E-state index in [1.165, 1.54) is 0 Å². The van der Waals surface area contributed by atoms with Crippen molar-refractivity contribution < 1.29 is 14.6 Å². The van der Waals surface area contributed by atoms with Crippen LogP contribution in [0.2, 0.25) is 10.0 Å². The fourth-order valence-corrected chi connectivity index (χ4v) is 2.23. The van der Waals surface area contributed by atoms with Gasteiger partial charge in [-0.3, -0.25) is 4.79 Å². The van der Waals surface area contributed by atoms with Gasteiger partial charge in [-0.15, -0.1) is 0 Å². The number of amides is 1. The minimum Gasteiger partial charge on any atom is -0.489 e. The van der Waals surface area contributed by atoms with E-state index in [4.69, 9.17) is 33.7 Å². The molecule has 0 saturated heterocycles. The summed E-state index contributed by atoms with van der Waals surface area (Å²) in [6.07, 6.45) is -0.794. The molecule has 0 aromatic heterocycles. The van der Waals surface area contributed by atoms with Gasteiger partial charge in [0, 0.05) is 11.6 Å². The Morgan fingerprint density at radius 1 is 1.43 bits per heavy atom. The number of hydrogen-bond donors (Lipinski definition) is 3. The standard InChI is InChI=1S/C14H20Cl2N2O3/c1-8(2)13(14(17)20)18-6-10(19)7-21-12-4-3-9(15)5-11(12)16/h3-5,8,10,13,18-19H,6-7H2,1-2H3,(H2,17,20). The van der Waals surface area contributed by atoms with Crippen molar-refractivity contribution in [3.8, 4) is 5.75 Å². The van der Waals surface area contributed by atoms with Crippen molar-refractivity contribution in [3.63, 3.8) is 0 Å². The van der Waals surface area contributed by atoms with Gasteiger partial charge in [0.1, 0.15) is 18.5 Å². The first-order valence-corrected chi connectivity index (χ1v) is 7.35. The zero-order valence-electron chi connectivity index (χ0n) is 12.0. The number of hydrogen-bond acceptors (Lipinski definition) is 4. The van der Waals surface area contributed by atoms with Gasteiger partial charge in [0.05, 0.1) is 11.1 Å². The van der Waals surface area contributed by atoms with Gasteiger partial charge in [-0.1, -0.05) is 37.0 Å². The summed E-state index contributed by atoms with van der Waals surface area (Å²) in [4.78, 5) is 11.2. The molecule has 0 radical (unpaired) electrons. The van der Waals surface area contributed by atoms with Crippen LogP contribution in [-0.4, -0.2) is 36.3 Å². The topological polar surface area (TPSA) is 84.6 Å². The molecule has 21 heavy (non-hydrogen) atoms. The van der Waals surface area contributed by atoms with Crippen LogP contribution in [-0.2, 0) is 4.79 Å². The smallest absolute Gasteiger partial charge is 0.234 e. The Kier molecular flexibility index (Phi) is 7.25. The van der Waals surface area contributed by atoms with E-state index in [1.54, 1.807) is 18.2 Å². The Bertz CT molecular complexity index is 483. The van der Waals surface area contributed by atoms with E-state index in [9.17, 15) is 9.90 Å². The Labute approximate surface area is 134 Å². The van der Waals surface area contributed by atoms with Gasteiger partial charge in [-0.05, 0) is 24.1 Å². The summed E-state index contributed by atoms with van der Waals surface area (Å²) in [5.41, 5.74) is 5.28. The van der Waals surface area contributed by atoms with Crippen LogP contribution in [0.4, 0.5) is 0 Å². The van der Waals surface area contributed by atoms with Crippen molar-refractivity contribution in [3.05, 3.63) is 28.2 Å². The second kappa shape index (κ2) is 8.44. The van der Waals surface area contributed by atoms with Crippen LogP contribution in [0, 0.1) is 5.92 Å². The highest BCUT2D eigenvalue weighted by Crippen LogP contribution is 2.27. The number of halogens is 2. The lowest BCUT2D eigenvalue weighted by Gasteiger charge is -2.21. The number of ether oxygens (including phenoxy) is 1. The molecule has 0 saturated carbocycles. The van der Waals surface area contributed by atoms with Gasteiger partial charge in [0.2, 0.25) is 5.91 Å². The van der Waals surface area contributed by atoms with Crippen LogP contribution in [0.1, 0.15) is 13.8 Å². The highest BCUT2D eigenvalue weighted by atomic mass is 35.5. The number of carbonyl (C=O) groups is 1. The van der Waals surface area contributed by atoms with Crippen LogP contribution >= 0.6 is 23.2 Å². The average molecular weight is 335 g/mol. The summed E-state index contributed by atoms with van der Waals surface area (Å²) in [6.45, 7) is 3.98. The fourth-order valence-electron chi connectivity index (χ4n) is 1.76. The number of carbonyl (C=O) groups excluding carboxylic acids is 1. The average Bonchev–Trinajstić information content (AvgIpc) is 2.37. The van der Waals surface area contributed by atoms with Crippen molar-refractivity contribution in [1.29, 1.82) is 0 Å². The van der Waals surface area contributed by atoms with E-state index in [-0.39, 0.29) is 19.1 Å². The maximum atomic E-state index is 11.2. The van der Waals surface area contributed by atoms with Crippen LogP contribution in [0.25, 0.3) is 0 Å². The molecule has 0 heterocycles. The quantitative estimate of drug-likeness (QED) is 0.677. The molecule has 1 rings (SSSR count). The van der Waals surface area contributed by atoms with E-state index in [0.717, 1.165) is 0 Å². The third kappa shape index (κ3) is 6.09. The molecular formula is C14H20Cl2N2O3. The minimum atomic E-state index is -0.794. The number of nitrogens with two attached hydrogens (primary N) is 1. The Morgan fingerprint density at radius 3 is 2.62 bits per heavy atom. The van der Waals surface area contributed by atoms with Crippen molar-refractivity contribution in [2.75, 3.05) is 13.2 Å². The summed E-state index contributed by atoms with van der Waals surface area (Å²) >= 11 is 11.7. The summed E-state index contributed by atoms with van der Waals surface area (Å²) in [5.74, 6) is 0.0376. The third-order valence-corrected chi connectivity index (χ3v) is 3.40. The number of primary amides is 1. The summed E-state index contributed by atoms with van der Waals surface area (Å²) < 4.78 is 5.41. The molecule has 1 amide bonds. The largest absolute Gasteiger partial charge is 0.489 e. The van der Waals surface area contributed by atoms with Gasteiger partial charge >= 0.3 is 0 Å². The number of rotatable bonds is 8. The van der Waals surface area contributed by atoms with Crippen LogP contribution in [0.3, 0.4) is 0 Å². The molecular weight excluding hydrogens is 315 g/mol. The predicted molar refractivity (Wildman–Crippen MR) is 83.8 cm³/mol. The monoisotopic (exact) mass is 334 g/mol. The molecule has 0 aliphatic carbocycles. The van der Waals surface area contributed by atoms with E-state index in [1.807, 2.05) is 13.8 Å². The van der Waals surface area contributed by atoms with Gasteiger partial charge in [0.25, 0.3) is 0 Å². The third-order valence-electron chi connectivity index (χ3n) is 2.87. The maximum absolute atomic E-state index is 11.2. The van der Waals surface area contributed by atoms with Crippen LogP contribution in [0.15, 0.2) is 18.2 Å². The molecule has 2 unspecified atom stereocenters. The lowest BCUT2D eigenvalue weighted by atomic mass is 10.0. The number of nitrogens with one attached hydrogen (secondary N) is 1. The molecule has 118 valence electrons. The van der Waals surface area contributed by atoms with E-state index < -0.39 is 18.1 Å². The lowest BCUT2D eigenvalue weighted by Crippen LogP contribution is -2.48. The predicted octanol–water partition coefficient (Wildman–Crippen LogP) is 1.83. The first kappa shape index (κ1) is 18.0. The lowest BCUT2D eigenvalue weighted by molar-refractivity contribution is -0.121. The van der Waals surface area contributed by atoms with Gasteiger partial charge < -0.3 is 20.9 Å².